The number of hydrogen-bond donors (Lipinski definition) is 1. The summed E-state index contributed by atoms with van der Waals surface area (Å²) in [6.45, 7) is 3.52. The number of sulfonamides is 1. The number of rotatable bonds is 4. The highest BCUT2D eigenvalue weighted by molar-refractivity contribution is 7.89. The Bertz CT molecular complexity index is 654. The smallest absolute Gasteiger partial charge is 0.240 e. The number of carbonyl (C=O) groups is 1. The van der Waals surface area contributed by atoms with Gasteiger partial charge in [0.15, 0.2) is 5.78 Å². The lowest BCUT2D eigenvalue weighted by atomic mass is 10.00. The predicted octanol–water partition coefficient (Wildman–Crippen LogP) is 1.79. The number of nitrogens with one attached hydrogen (secondary N) is 1. The number of nitrogens with zero attached hydrogens (tertiary/aromatic N) is 1. The second kappa shape index (κ2) is 6.10. The maximum absolute atomic E-state index is 12.5. The molecule has 2 heterocycles. The molecular formula is C16H22N2O3S. The van der Waals surface area contributed by atoms with Gasteiger partial charge in [0.25, 0.3) is 0 Å². The largest absolute Gasteiger partial charge is 0.299 e. The number of piperidine rings is 1. The molecule has 6 heteroatoms. The van der Waals surface area contributed by atoms with E-state index in [4.69, 9.17) is 0 Å². The maximum atomic E-state index is 12.5. The fourth-order valence-electron chi connectivity index (χ4n) is 3.52. The summed E-state index contributed by atoms with van der Waals surface area (Å²) in [5.41, 5.74) is 0.526. The van der Waals surface area contributed by atoms with Crippen LogP contribution >= 0.6 is 0 Å². The summed E-state index contributed by atoms with van der Waals surface area (Å²) >= 11 is 0. The standard InChI is InChI=1S/C16H22N2O3S/c1-12(19)13-5-7-14(8-6-13)22(20,21)17-15-9-11-18-10-3-2-4-16(15)18/h5-8,15-17H,2-4,9-11H2,1H3/t15-,16-/m0/s1. The molecule has 2 aliphatic rings. The first kappa shape index (κ1) is 15.6. The molecule has 0 spiro atoms. The van der Waals surface area contributed by atoms with Crippen molar-refractivity contribution in [2.75, 3.05) is 13.1 Å². The van der Waals surface area contributed by atoms with E-state index in [-0.39, 0.29) is 16.7 Å². The van der Waals surface area contributed by atoms with E-state index >= 15 is 0 Å². The lowest BCUT2D eigenvalue weighted by Crippen LogP contribution is -2.46. The number of benzene rings is 1. The third-order valence-corrected chi connectivity index (χ3v) is 6.24. The van der Waals surface area contributed by atoms with Crippen molar-refractivity contribution >= 4 is 15.8 Å². The molecule has 0 aromatic heterocycles. The molecule has 0 unspecified atom stereocenters. The molecule has 1 aromatic carbocycles. The number of carbonyl (C=O) groups excluding carboxylic acids is 1. The minimum absolute atomic E-state index is 0.00205. The van der Waals surface area contributed by atoms with E-state index in [2.05, 4.69) is 9.62 Å². The van der Waals surface area contributed by atoms with Gasteiger partial charge in [0.2, 0.25) is 10.0 Å². The minimum Gasteiger partial charge on any atom is -0.299 e. The van der Waals surface area contributed by atoms with Gasteiger partial charge in [-0.05, 0) is 44.9 Å². The molecule has 2 atom stereocenters. The van der Waals surface area contributed by atoms with Crippen molar-refractivity contribution in [2.24, 2.45) is 0 Å². The molecule has 120 valence electrons. The summed E-state index contributed by atoms with van der Waals surface area (Å²) in [7, 11) is -3.52. The van der Waals surface area contributed by atoms with Crippen LogP contribution in [0.2, 0.25) is 0 Å². The SMILES string of the molecule is CC(=O)c1ccc(S(=O)(=O)N[C@H]2CCN3CCCC[C@@H]23)cc1. The average molecular weight is 322 g/mol. The first-order valence-electron chi connectivity index (χ1n) is 7.85. The molecule has 1 aromatic rings. The summed E-state index contributed by atoms with van der Waals surface area (Å²) in [5, 5.41) is 0. The first-order valence-corrected chi connectivity index (χ1v) is 9.33. The van der Waals surface area contributed by atoms with Crippen molar-refractivity contribution in [3.63, 3.8) is 0 Å². The van der Waals surface area contributed by atoms with Crippen molar-refractivity contribution < 1.29 is 13.2 Å². The number of hydrogen-bond acceptors (Lipinski definition) is 4. The van der Waals surface area contributed by atoms with E-state index < -0.39 is 10.0 Å². The Morgan fingerprint density at radius 1 is 1.14 bits per heavy atom. The molecule has 3 rings (SSSR count). The van der Waals surface area contributed by atoms with Crippen molar-refractivity contribution in [3.05, 3.63) is 29.8 Å². The Balaban J connectivity index is 1.74. The Kier molecular flexibility index (Phi) is 4.34. The fourth-order valence-corrected chi connectivity index (χ4v) is 4.82. The van der Waals surface area contributed by atoms with Crippen LogP contribution in [-0.4, -0.2) is 44.3 Å². The second-order valence-corrected chi connectivity index (χ2v) is 7.91. The molecule has 0 radical (unpaired) electrons. The predicted molar refractivity (Wildman–Crippen MR) is 84.4 cm³/mol. The minimum atomic E-state index is -3.52. The van der Waals surface area contributed by atoms with Crippen LogP contribution in [0.1, 0.15) is 43.0 Å². The van der Waals surface area contributed by atoms with Gasteiger partial charge in [-0.3, -0.25) is 9.69 Å². The molecular weight excluding hydrogens is 300 g/mol. The van der Waals surface area contributed by atoms with Crippen molar-refractivity contribution in [1.82, 2.24) is 9.62 Å². The van der Waals surface area contributed by atoms with E-state index in [1.54, 1.807) is 12.1 Å². The Labute approximate surface area is 131 Å². The second-order valence-electron chi connectivity index (χ2n) is 6.20. The van der Waals surface area contributed by atoms with Crippen LogP contribution in [0.25, 0.3) is 0 Å². The average Bonchev–Trinajstić information content (AvgIpc) is 2.90. The quantitative estimate of drug-likeness (QED) is 0.858. The highest BCUT2D eigenvalue weighted by atomic mass is 32.2. The molecule has 5 nitrogen and oxygen atoms in total. The summed E-state index contributed by atoms with van der Waals surface area (Å²) in [6, 6.07) is 6.48. The third kappa shape index (κ3) is 3.09. The lowest BCUT2D eigenvalue weighted by molar-refractivity contribution is 0.101. The van der Waals surface area contributed by atoms with Gasteiger partial charge in [-0.25, -0.2) is 13.1 Å². The molecule has 0 aliphatic carbocycles. The summed E-state index contributed by atoms with van der Waals surface area (Å²) in [5.74, 6) is -0.0643. The normalized spacial score (nSPS) is 25.9. The summed E-state index contributed by atoms with van der Waals surface area (Å²) in [4.78, 5) is 13.9. The van der Waals surface area contributed by atoms with Gasteiger partial charge in [0.05, 0.1) is 4.90 Å². The zero-order chi connectivity index (χ0) is 15.7. The topological polar surface area (TPSA) is 66.5 Å². The van der Waals surface area contributed by atoms with Gasteiger partial charge in [-0.15, -0.1) is 0 Å². The Hall–Kier alpha value is -1.24. The van der Waals surface area contributed by atoms with Crippen LogP contribution < -0.4 is 4.72 Å². The fraction of sp³-hybridized carbons (Fsp3) is 0.562. The highest BCUT2D eigenvalue weighted by Crippen LogP contribution is 2.28. The van der Waals surface area contributed by atoms with E-state index in [1.807, 2.05) is 0 Å². The van der Waals surface area contributed by atoms with Gasteiger partial charge in [0.1, 0.15) is 0 Å². The van der Waals surface area contributed by atoms with Crippen LogP contribution in [0.4, 0.5) is 0 Å². The van der Waals surface area contributed by atoms with Crippen molar-refractivity contribution in [2.45, 2.75) is 49.6 Å². The van der Waals surface area contributed by atoms with Gasteiger partial charge >= 0.3 is 0 Å². The summed E-state index contributed by atoms with van der Waals surface area (Å²) < 4.78 is 27.9. The number of Topliss-reactive ketones (excluding diaryl/α,β-unsaturated/α-hetero) is 1. The molecule has 2 saturated heterocycles. The Morgan fingerprint density at radius 3 is 2.55 bits per heavy atom. The van der Waals surface area contributed by atoms with Crippen LogP contribution in [0.3, 0.4) is 0 Å². The molecule has 2 aliphatic heterocycles. The third-order valence-electron chi connectivity index (χ3n) is 4.73. The van der Waals surface area contributed by atoms with E-state index in [0.717, 1.165) is 25.9 Å². The first-order chi connectivity index (χ1) is 10.5. The van der Waals surface area contributed by atoms with E-state index in [9.17, 15) is 13.2 Å². The van der Waals surface area contributed by atoms with Crippen LogP contribution in [-0.2, 0) is 10.0 Å². The van der Waals surface area contributed by atoms with Crippen molar-refractivity contribution in [1.29, 1.82) is 0 Å². The Morgan fingerprint density at radius 2 is 1.86 bits per heavy atom. The van der Waals surface area contributed by atoms with Crippen molar-refractivity contribution in [3.8, 4) is 0 Å². The lowest BCUT2D eigenvalue weighted by Gasteiger charge is -2.32. The maximum Gasteiger partial charge on any atom is 0.240 e. The van der Waals surface area contributed by atoms with Crippen LogP contribution in [0.15, 0.2) is 29.2 Å². The summed E-state index contributed by atoms with van der Waals surface area (Å²) in [6.07, 6.45) is 4.32. The molecule has 22 heavy (non-hydrogen) atoms. The van der Waals surface area contributed by atoms with Crippen LogP contribution in [0.5, 0.6) is 0 Å². The zero-order valence-electron chi connectivity index (χ0n) is 12.8. The van der Waals surface area contributed by atoms with Gasteiger partial charge < -0.3 is 0 Å². The van der Waals surface area contributed by atoms with Gasteiger partial charge in [0, 0.05) is 24.2 Å². The molecule has 0 bridgehead atoms. The molecule has 0 amide bonds. The van der Waals surface area contributed by atoms with Crippen LogP contribution in [0, 0.1) is 0 Å². The number of fused-ring (bicyclic) bond motifs is 1. The van der Waals surface area contributed by atoms with E-state index in [0.29, 0.717) is 11.6 Å². The molecule has 0 saturated carbocycles. The van der Waals surface area contributed by atoms with Gasteiger partial charge in [-0.1, -0.05) is 18.6 Å². The zero-order valence-corrected chi connectivity index (χ0v) is 13.6. The molecule has 2 fully saturated rings. The number of ketones is 1. The van der Waals surface area contributed by atoms with E-state index in [1.165, 1.54) is 31.9 Å². The van der Waals surface area contributed by atoms with Gasteiger partial charge in [-0.2, -0.15) is 0 Å². The highest BCUT2D eigenvalue weighted by Gasteiger charge is 2.37. The molecule has 1 N–H and O–H groups in total. The monoisotopic (exact) mass is 322 g/mol.